The van der Waals surface area contributed by atoms with Crippen molar-refractivity contribution in [1.29, 1.82) is 0 Å². The first-order valence-electron chi connectivity index (χ1n) is 2.94. The van der Waals surface area contributed by atoms with E-state index in [2.05, 4.69) is 23.7 Å². The summed E-state index contributed by atoms with van der Waals surface area (Å²) in [6.07, 6.45) is -0.460. The predicted molar refractivity (Wildman–Crippen MR) is 37.1 cm³/mol. The van der Waals surface area contributed by atoms with Gasteiger partial charge in [-0.05, 0) is 0 Å². The monoisotopic (exact) mass is 136 g/mol. The number of rotatable bonds is 2. The molecule has 0 amide bonds. The highest BCUT2D eigenvalue weighted by Gasteiger charge is 2.04. The molecule has 0 saturated carbocycles. The fourth-order valence-corrected chi connectivity index (χ4v) is 0.611. The quantitative estimate of drug-likeness (QED) is 0.499. The van der Waals surface area contributed by atoms with E-state index in [1.807, 2.05) is 0 Å². The van der Waals surface area contributed by atoms with E-state index < -0.39 is 0 Å². The Labute approximate surface area is 60.5 Å². The van der Waals surface area contributed by atoms with Crippen LogP contribution in [0.3, 0.4) is 0 Å². The van der Waals surface area contributed by atoms with Crippen LogP contribution >= 0.6 is 0 Å². The minimum absolute atomic E-state index is 0.230. The Morgan fingerprint density at radius 2 is 1.10 bits per heavy atom. The number of hydrogen-bond acceptors (Lipinski definition) is 2. The smallest absolute Gasteiger partial charge is 0.179 e. The number of hydrogen-bond donors (Lipinski definition) is 0. The summed E-state index contributed by atoms with van der Waals surface area (Å²) in [5, 5.41) is 0. The van der Waals surface area contributed by atoms with Gasteiger partial charge >= 0.3 is 0 Å². The van der Waals surface area contributed by atoms with Crippen LogP contribution in [0.2, 0.25) is 0 Å². The van der Waals surface area contributed by atoms with Crippen molar-refractivity contribution < 1.29 is 9.47 Å². The molecular formula is C8H8O2. The molecule has 0 atom stereocenters. The lowest BCUT2D eigenvalue weighted by Crippen LogP contribution is -2.13. The van der Waals surface area contributed by atoms with Crippen molar-refractivity contribution in [1.82, 2.24) is 0 Å². The van der Waals surface area contributed by atoms with Crippen molar-refractivity contribution in [3.63, 3.8) is 0 Å². The molecule has 0 aromatic carbocycles. The van der Waals surface area contributed by atoms with Crippen LogP contribution in [0.1, 0.15) is 0 Å². The summed E-state index contributed by atoms with van der Waals surface area (Å²) in [4.78, 5) is 0. The molecule has 0 aromatic heterocycles. The van der Waals surface area contributed by atoms with Crippen LogP contribution in [-0.2, 0) is 9.47 Å². The first kappa shape index (κ1) is 7.15. The first-order chi connectivity index (χ1) is 4.86. The van der Waals surface area contributed by atoms with Crippen molar-refractivity contribution in [2.45, 2.75) is 12.2 Å². The highest BCUT2D eigenvalue weighted by molar-refractivity contribution is 5.33. The zero-order valence-corrected chi connectivity index (χ0v) is 5.97. The van der Waals surface area contributed by atoms with Gasteiger partial charge in [-0.2, -0.15) is 0 Å². The molecule has 0 aromatic rings. The van der Waals surface area contributed by atoms with Crippen molar-refractivity contribution in [2.75, 3.05) is 14.2 Å². The Morgan fingerprint density at radius 1 is 0.800 bits per heavy atom. The lowest BCUT2D eigenvalue weighted by Gasteiger charge is -2.05. The summed E-state index contributed by atoms with van der Waals surface area (Å²) in [5.41, 5.74) is 0. The van der Waals surface area contributed by atoms with Gasteiger partial charge < -0.3 is 9.47 Å². The Kier molecular flexibility index (Phi) is 2.34. The Bertz CT molecular complexity index is 181. The van der Waals surface area contributed by atoms with Gasteiger partial charge in [0.05, 0.1) is 0 Å². The zero-order valence-electron chi connectivity index (χ0n) is 5.97. The normalized spacial score (nSPS) is 27.8. The van der Waals surface area contributed by atoms with Crippen LogP contribution < -0.4 is 0 Å². The summed E-state index contributed by atoms with van der Waals surface area (Å²) in [6, 6.07) is 0. The third-order valence-corrected chi connectivity index (χ3v) is 1.16. The van der Waals surface area contributed by atoms with Crippen LogP contribution in [0.25, 0.3) is 0 Å². The highest BCUT2D eigenvalue weighted by atomic mass is 16.5. The number of ether oxygens (including phenoxy) is 2. The molecule has 1 aliphatic rings. The summed E-state index contributed by atoms with van der Waals surface area (Å²) in [5.74, 6) is 11.2. The fourth-order valence-electron chi connectivity index (χ4n) is 0.611. The van der Waals surface area contributed by atoms with Gasteiger partial charge in [-0.25, -0.2) is 0 Å². The van der Waals surface area contributed by atoms with Gasteiger partial charge in [0.15, 0.2) is 12.2 Å². The van der Waals surface area contributed by atoms with Gasteiger partial charge in [-0.1, -0.05) is 23.7 Å². The standard InChI is InChI=1S/C8H8O2/c1-9-7-3-5-8(10-2)6-4-7/h7-8H,1-2H3. The third kappa shape index (κ3) is 1.51. The summed E-state index contributed by atoms with van der Waals surface area (Å²) < 4.78 is 9.76. The Balaban J connectivity index is 2.55. The topological polar surface area (TPSA) is 18.5 Å². The lowest BCUT2D eigenvalue weighted by molar-refractivity contribution is 0.176. The second kappa shape index (κ2) is 3.27. The molecule has 0 saturated heterocycles. The van der Waals surface area contributed by atoms with Gasteiger partial charge in [0.1, 0.15) is 0 Å². The molecule has 10 heavy (non-hydrogen) atoms. The molecule has 0 heterocycles. The Morgan fingerprint density at radius 3 is 1.30 bits per heavy atom. The van der Waals surface area contributed by atoms with Gasteiger partial charge in [0.2, 0.25) is 0 Å². The summed E-state index contributed by atoms with van der Waals surface area (Å²) >= 11 is 0. The van der Waals surface area contributed by atoms with E-state index in [9.17, 15) is 0 Å². The van der Waals surface area contributed by atoms with Crippen LogP contribution in [0.4, 0.5) is 0 Å². The van der Waals surface area contributed by atoms with Crippen molar-refractivity contribution in [3.05, 3.63) is 0 Å². The van der Waals surface area contributed by atoms with E-state index >= 15 is 0 Å². The minimum atomic E-state index is -0.230. The second-order valence-corrected chi connectivity index (χ2v) is 1.81. The van der Waals surface area contributed by atoms with E-state index in [-0.39, 0.29) is 12.2 Å². The maximum Gasteiger partial charge on any atom is 0.179 e. The van der Waals surface area contributed by atoms with Crippen molar-refractivity contribution in [3.8, 4) is 23.7 Å². The molecule has 0 fully saturated rings. The summed E-state index contributed by atoms with van der Waals surface area (Å²) in [6.45, 7) is 0. The SMILES string of the molecule is COC1C#CC(OC)C#C1. The predicted octanol–water partition coefficient (Wildman–Crippen LogP) is 0.0368. The minimum Gasteiger partial charge on any atom is -0.357 e. The number of methoxy groups -OCH3 is 2. The van der Waals surface area contributed by atoms with Crippen LogP contribution in [-0.4, -0.2) is 26.4 Å². The molecule has 2 nitrogen and oxygen atoms in total. The maximum absolute atomic E-state index is 4.88. The molecule has 0 spiro atoms. The lowest BCUT2D eigenvalue weighted by atomic mass is 10.2. The average molecular weight is 136 g/mol. The molecule has 0 N–H and O–H groups in total. The fraction of sp³-hybridized carbons (Fsp3) is 0.500. The van der Waals surface area contributed by atoms with E-state index in [0.717, 1.165) is 0 Å². The third-order valence-electron chi connectivity index (χ3n) is 1.16. The summed E-state index contributed by atoms with van der Waals surface area (Å²) in [7, 11) is 3.17. The van der Waals surface area contributed by atoms with E-state index in [1.54, 1.807) is 14.2 Å². The largest absolute Gasteiger partial charge is 0.357 e. The molecule has 0 bridgehead atoms. The molecule has 52 valence electrons. The Hall–Kier alpha value is -0.960. The molecule has 1 aliphatic carbocycles. The van der Waals surface area contributed by atoms with Gasteiger partial charge in [0.25, 0.3) is 0 Å². The second-order valence-electron chi connectivity index (χ2n) is 1.81. The van der Waals surface area contributed by atoms with Crippen LogP contribution in [0, 0.1) is 23.7 Å². The molecular weight excluding hydrogens is 128 g/mol. The van der Waals surface area contributed by atoms with E-state index in [0.29, 0.717) is 0 Å². The average Bonchev–Trinajstić information content (AvgIpc) is 2.05. The highest BCUT2D eigenvalue weighted by Crippen LogP contribution is 1.94. The van der Waals surface area contributed by atoms with Crippen molar-refractivity contribution >= 4 is 0 Å². The van der Waals surface area contributed by atoms with E-state index in [1.165, 1.54) is 0 Å². The van der Waals surface area contributed by atoms with Crippen LogP contribution in [0.15, 0.2) is 0 Å². The maximum atomic E-state index is 4.88. The first-order valence-corrected chi connectivity index (χ1v) is 2.94. The molecule has 0 aliphatic heterocycles. The molecule has 1 rings (SSSR count). The van der Waals surface area contributed by atoms with Gasteiger partial charge in [-0.15, -0.1) is 0 Å². The molecule has 2 heteroatoms. The molecule has 0 radical (unpaired) electrons. The van der Waals surface area contributed by atoms with Crippen molar-refractivity contribution in [2.24, 2.45) is 0 Å². The van der Waals surface area contributed by atoms with Crippen LogP contribution in [0.5, 0.6) is 0 Å². The van der Waals surface area contributed by atoms with Gasteiger partial charge in [0, 0.05) is 14.2 Å². The van der Waals surface area contributed by atoms with E-state index in [4.69, 9.17) is 9.47 Å². The zero-order chi connectivity index (χ0) is 7.40. The van der Waals surface area contributed by atoms with Gasteiger partial charge in [-0.3, -0.25) is 0 Å². The molecule has 0 unspecified atom stereocenters.